The minimum Gasteiger partial charge on any atom is -0.331 e. The van der Waals surface area contributed by atoms with E-state index in [0.717, 1.165) is 36.5 Å². The summed E-state index contributed by atoms with van der Waals surface area (Å²) in [4.78, 5) is 4.23. The molecule has 1 aliphatic carbocycles. The van der Waals surface area contributed by atoms with Gasteiger partial charge in [-0.15, -0.1) is 0 Å². The Balaban J connectivity index is 0.00000100. The maximum atomic E-state index is 10.1. The van der Waals surface area contributed by atoms with Crippen molar-refractivity contribution < 1.29 is 9.95 Å². The molecule has 126 valence electrons. The predicted octanol–water partition coefficient (Wildman–Crippen LogP) is 4.32. The molecular formula is C20H26N3O+. The van der Waals surface area contributed by atoms with Crippen LogP contribution in [0.5, 0.6) is 0 Å². The van der Waals surface area contributed by atoms with Crippen LogP contribution in [0.3, 0.4) is 0 Å². The summed E-state index contributed by atoms with van der Waals surface area (Å²) in [5.74, 6) is 1.01. The van der Waals surface area contributed by atoms with Crippen molar-refractivity contribution in [1.29, 1.82) is 0 Å². The molecule has 1 aromatic heterocycles. The summed E-state index contributed by atoms with van der Waals surface area (Å²) >= 11 is 0. The van der Waals surface area contributed by atoms with Crippen molar-refractivity contribution in [3.8, 4) is 0 Å². The van der Waals surface area contributed by atoms with E-state index in [-0.39, 0.29) is 0 Å². The van der Waals surface area contributed by atoms with Crippen LogP contribution in [0.25, 0.3) is 0 Å². The lowest BCUT2D eigenvalue weighted by Crippen LogP contribution is -2.08. The average Bonchev–Trinajstić information content (AvgIpc) is 3.04. The van der Waals surface area contributed by atoms with Crippen LogP contribution in [0.15, 0.2) is 60.6 Å². The number of nitrogens with zero attached hydrogens (tertiary/aromatic N) is 3. The summed E-state index contributed by atoms with van der Waals surface area (Å²) in [5.41, 5.74) is 3.00. The van der Waals surface area contributed by atoms with Gasteiger partial charge in [0.05, 0.1) is 0 Å². The van der Waals surface area contributed by atoms with Crippen LogP contribution in [0, 0.1) is 6.92 Å². The molecule has 1 aromatic carbocycles. The van der Waals surface area contributed by atoms with Crippen molar-refractivity contribution >= 4 is 6.21 Å². The molecule has 0 spiro atoms. The molecule has 0 aliphatic heterocycles. The zero-order valence-corrected chi connectivity index (χ0v) is 14.7. The first-order valence-electron chi connectivity index (χ1n) is 8.49. The van der Waals surface area contributed by atoms with Crippen LogP contribution in [-0.2, 0) is 6.54 Å². The molecular weight excluding hydrogens is 298 g/mol. The molecule has 0 fully saturated rings. The maximum absolute atomic E-state index is 10.1. The standard InChI is InChI=1S/C18H20N3O.C2H6/c1-15-19-11-12-20(15)13-16-7-9-17(10-8-16)14-21(22)18-5-3-2-4-6-18;1-2/h3,5-12,14,22H,2,4,13H2,1H3;1-2H3/q+1;/b21-14-;. The van der Waals surface area contributed by atoms with Gasteiger partial charge in [-0.2, -0.15) is 0 Å². The third kappa shape index (κ3) is 4.69. The highest BCUT2D eigenvalue weighted by Crippen LogP contribution is 2.11. The van der Waals surface area contributed by atoms with Crippen molar-refractivity contribution in [3.05, 3.63) is 77.5 Å². The van der Waals surface area contributed by atoms with Gasteiger partial charge in [0.2, 0.25) is 6.21 Å². The fourth-order valence-electron chi connectivity index (χ4n) is 2.46. The number of hydrogen-bond acceptors (Lipinski definition) is 2. The van der Waals surface area contributed by atoms with E-state index in [1.54, 1.807) is 6.21 Å². The van der Waals surface area contributed by atoms with Gasteiger partial charge in [-0.3, -0.25) is 5.21 Å². The van der Waals surface area contributed by atoms with Crippen LogP contribution in [0.2, 0.25) is 0 Å². The molecule has 1 heterocycles. The van der Waals surface area contributed by atoms with Gasteiger partial charge >= 0.3 is 0 Å². The van der Waals surface area contributed by atoms with Gasteiger partial charge in [-0.05, 0) is 43.5 Å². The Hall–Kier alpha value is -2.62. The van der Waals surface area contributed by atoms with Gasteiger partial charge in [-0.1, -0.05) is 32.1 Å². The van der Waals surface area contributed by atoms with Gasteiger partial charge in [0.1, 0.15) is 5.82 Å². The summed E-state index contributed by atoms with van der Waals surface area (Å²) in [7, 11) is 0. The minimum atomic E-state index is 0.808. The van der Waals surface area contributed by atoms with Crippen LogP contribution >= 0.6 is 0 Å². The normalized spacial score (nSPS) is 14.0. The number of allylic oxidation sites excluding steroid dienone is 3. The van der Waals surface area contributed by atoms with Crippen LogP contribution in [-0.4, -0.2) is 25.7 Å². The first kappa shape index (κ1) is 17.7. The highest BCUT2D eigenvalue weighted by atomic mass is 16.5. The topological polar surface area (TPSA) is 41.1 Å². The second kappa shape index (κ2) is 8.87. The van der Waals surface area contributed by atoms with E-state index in [4.69, 9.17) is 0 Å². The van der Waals surface area contributed by atoms with Crippen molar-refractivity contribution in [1.82, 2.24) is 9.55 Å². The number of rotatable bonds is 4. The van der Waals surface area contributed by atoms with Gasteiger partial charge in [0.25, 0.3) is 5.70 Å². The minimum absolute atomic E-state index is 0.808. The summed E-state index contributed by atoms with van der Waals surface area (Å²) < 4.78 is 3.29. The molecule has 2 aromatic rings. The molecule has 4 heteroatoms. The number of benzene rings is 1. The molecule has 0 saturated heterocycles. The Bertz CT molecular complexity index is 736. The van der Waals surface area contributed by atoms with E-state index in [9.17, 15) is 5.21 Å². The van der Waals surface area contributed by atoms with Gasteiger partial charge in [0, 0.05) is 35.3 Å². The van der Waals surface area contributed by atoms with Gasteiger partial charge in [0.15, 0.2) is 0 Å². The third-order valence-electron chi connectivity index (χ3n) is 3.77. The van der Waals surface area contributed by atoms with Crippen molar-refractivity contribution in [2.45, 2.75) is 40.2 Å². The molecule has 4 nitrogen and oxygen atoms in total. The monoisotopic (exact) mass is 324 g/mol. The van der Waals surface area contributed by atoms with Crippen molar-refractivity contribution in [2.24, 2.45) is 0 Å². The number of aryl methyl sites for hydroxylation is 1. The third-order valence-corrected chi connectivity index (χ3v) is 3.77. The van der Waals surface area contributed by atoms with Gasteiger partial charge < -0.3 is 4.57 Å². The quantitative estimate of drug-likeness (QED) is 0.394. The Morgan fingerprint density at radius 2 is 1.96 bits per heavy atom. The average molecular weight is 324 g/mol. The van der Waals surface area contributed by atoms with Crippen molar-refractivity contribution in [3.63, 3.8) is 0 Å². The molecule has 0 amide bonds. The van der Waals surface area contributed by atoms with Gasteiger partial charge in [-0.25, -0.2) is 4.98 Å². The summed E-state index contributed by atoms with van der Waals surface area (Å²) in [6, 6.07) is 8.17. The lowest BCUT2D eigenvalue weighted by Gasteiger charge is -2.05. The van der Waals surface area contributed by atoms with E-state index in [0.29, 0.717) is 0 Å². The fraction of sp³-hybridized carbons (Fsp3) is 0.300. The van der Waals surface area contributed by atoms with E-state index < -0.39 is 0 Å². The zero-order valence-electron chi connectivity index (χ0n) is 14.7. The van der Waals surface area contributed by atoms with E-state index >= 15 is 0 Å². The molecule has 1 N–H and O–H groups in total. The van der Waals surface area contributed by atoms with Crippen LogP contribution < -0.4 is 0 Å². The van der Waals surface area contributed by atoms with Crippen LogP contribution in [0.4, 0.5) is 0 Å². The Labute approximate surface area is 144 Å². The smallest absolute Gasteiger partial charge is 0.253 e. The zero-order chi connectivity index (χ0) is 17.4. The molecule has 1 aliphatic rings. The highest BCUT2D eigenvalue weighted by Gasteiger charge is 2.10. The SMILES string of the molecule is CC.Cc1nccn1Cc1ccc(/C=[N+](\O)C2=CCCC=C2)cc1. The maximum Gasteiger partial charge on any atom is 0.253 e. The molecule has 0 radical (unpaired) electrons. The van der Waals surface area contributed by atoms with Crippen LogP contribution in [0.1, 0.15) is 43.6 Å². The lowest BCUT2D eigenvalue weighted by atomic mass is 10.1. The first-order valence-corrected chi connectivity index (χ1v) is 8.49. The molecule has 0 unspecified atom stereocenters. The second-order valence-electron chi connectivity index (χ2n) is 5.43. The molecule has 0 atom stereocenters. The molecule has 24 heavy (non-hydrogen) atoms. The first-order chi connectivity index (χ1) is 11.7. The lowest BCUT2D eigenvalue weighted by molar-refractivity contribution is -0.731. The van der Waals surface area contributed by atoms with Crippen molar-refractivity contribution in [2.75, 3.05) is 0 Å². The van der Waals surface area contributed by atoms with E-state index in [2.05, 4.69) is 27.8 Å². The number of imidazole rings is 1. The summed E-state index contributed by atoms with van der Waals surface area (Å²) in [5, 5.41) is 10.1. The molecule has 0 saturated carbocycles. The Kier molecular flexibility index (Phi) is 6.55. The van der Waals surface area contributed by atoms with E-state index in [1.807, 2.05) is 57.4 Å². The number of hydrogen-bond donors (Lipinski definition) is 1. The number of hydroxylamine groups is 1. The Morgan fingerprint density at radius 1 is 1.21 bits per heavy atom. The number of aromatic nitrogens is 2. The van der Waals surface area contributed by atoms with E-state index in [1.165, 1.54) is 10.3 Å². The molecule has 3 rings (SSSR count). The highest BCUT2D eigenvalue weighted by molar-refractivity contribution is 5.75. The summed E-state index contributed by atoms with van der Waals surface area (Å²) in [6.45, 7) is 6.81. The Morgan fingerprint density at radius 3 is 2.54 bits per heavy atom. The predicted molar refractivity (Wildman–Crippen MR) is 97.5 cm³/mol. The fourth-order valence-corrected chi connectivity index (χ4v) is 2.46. The second-order valence-corrected chi connectivity index (χ2v) is 5.43. The largest absolute Gasteiger partial charge is 0.331 e. The molecule has 0 bridgehead atoms. The summed E-state index contributed by atoms with van der Waals surface area (Å²) in [6.07, 6.45) is 13.6.